The topological polar surface area (TPSA) is 175 Å². The maximum absolute atomic E-state index is 14.3. The molecule has 1 saturated carbocycles. The molecule has 2 saturated heterocycles. The molecule has 2 unspecified atom stereocenters. The van der Waals surface area contributed by atoms with Gasteiger partial charge in [-0.1, -0.05) is 62.4 Å². The summed E-state index contributed by atoms with van der Waals surface area (Å²) in [5.74, 6) is -2.14. The highest BCUT2D eigenvalue weighted by atomic mass is 19.3. The van der Waals surface area contributed by atoms with E-state index in [9.17, 15) is 28.0 Å². The molecule has 3 fully saturated rings. The van der Waals surface area contributed by atoms with E-state index in [4.69, 9.17) is 9.47 Å². The average molecular weight is 815 g/mol. The second kappa shape index (κ2) is 16.8. The first kappa shape index (κ1) is 41.4. The van der Waals surface area contributed by atoms with Crippen molar-refractivity contribution in [2.24, 2.45) is 5.92 Å². The lowest BCUT2D eigenvalue weighted by molar-refractivity contribution is -0.146. The number of alkyl halides is 2. The minimum absolute atomic E-state index is 0.123. The number of ether oxygens (including phenoxy) is 2. The van der Waals surface area contributed by atoms with Crippen molar-refractivity contribution >= 4 is 24.0 Å². The zero-order valence-electron chi connectivity index (χ0n) is 34.0. The predicted octanol–water partition coefficient (Wildman–Crippen LogP) is 7.53. The number of nitrogens with zero attached hydrogens (tertiary/aromatic N) is 4. The molecule has 7 rings (SSSR count). The number of hydrogen-bond acceptors (Lipinski definition) is 8. The van der Waals surface area contributed by atoms with Crippen LogP contribution in [-0.2, 0) is 19.1 Å². The summed E-state index contributed by atoms with van der Waals surface area (Å²) in [5, 5.41) is 5.23. The molecule has 4 atom stereocenters. The Morgan fingerprint density at radius 1 is 0.712 bits per heavy atom. The van der Waals surface area contributed by atoms with E-state index < -0.39 is 41.8 Å². The zero-order valence-corrected chi connectivity index (χ0v) is 34.0. The molecule has 4 amide bonds. The van der Waals surface area contributed by atoms with Crippen LogP contribution in [0.4, 0.5) is 18.4 Å². The molecule has 4 N–H and O–H groups in total. The lowest BCUT2D eigenvalue weighted by Crippen LogP contribution is -2.56. The van der Waals surface area contributed by atoms with Crippen LogP contribution in [0.3, 0.4) is 0 Å². The molecule has 1 aliphatic carbocycles. The smallest absolute Gasteiger partial charge is 0.407 e. The molecule has 3 aliphatic rings. The second-order valence-corrected chi connectivity index (χ2v) is 16.3. The number of carbonyl (C=O) groups is 4. The highest BCUT2D eigenvalue weighted by Gasteiger charge is 2.55. The molecule has 0 radical (unpaired) electrons. The Morgan fingerprint density at radius 2 is 1.22 bits per heavy atom. The van der Waals surface area contributed by atoms with Gasteiger partial charge in [-0.05, 0) is 73.6 Å². The molecule has 2 aliphatic heterocycles. The van der Waals surface area contributed by atoms with Gasteiger partial charge in [0, 0.05) is 24.9 Å². The molecular formula is C43H52F2N8O6. The largest absolute Gasteiger partial charge is 0.453 e. The molecule has 14 nitrogen and oxygen atoms in total. The van der Waals surface area contributed by atoms with E-state index in [1.54, 1.807) is 29.1 Å². The number of imidazole rings is 2. The van der Waals surface area contributed by atoms with Crippen LogP contribution in [0.1, 0.15) is 95.9 Å². The lowest BCUT2D eigenvalue weighted by Gasteiger charge is -2.46. The quantitative estimate of drug-likeness (QED) is 0.127. The van der Waals surface area contributed by atoms with Crippen molar-refractivity contribution < 1.29 is 37.4 Å². The van der Waals surface area contributed by atoms with E-state index in [1.807, 2.05) is 62.4 Å². The van der Waals surface area contributed by atoms with E-state index in [-0.39, 0.29) is 49.5 Å². The van der Waals surface area contributed by atoms with Gasteiger partial charge in [-0.3, -0.25) is 9.59 Å². The van der Waals surface area contributed by atoms with Crippen molar-refractivity contribution in [3.05, 3.63) is 72.6 Å². The number of nitrogens with one attached hydrogen (secondary N) is 4. The van der Waals surface area contributed by atoms with Crippen molar-refractivity contribution in [1.29, 1.82) is 0 Å². The summed E-state index contributed by atoms with van der Waals surface area (Å²) in [7, 11) is 2.50. The van der Waals surface area contributed by atoms with E-state index in [0.29, 0.717) is 31.0 Å². The van der Waals surface area contributed by atoms with Crippen molar-refractivity contribution in [3.63, 3.8) is 0 Å². The lowest BCUT2D eigenvalue weighted by atomic mass is 9.78. The third-order valence-corrected chi connectivity index (χ3v) is 12.2. The molecule has 2 aromatic carbocycles. The molecular weight excluding hydrogens is 763 g/mol. The van der Waals surface area contributed by atoms with Crippen LogP contribution < -0.4 is 10.6 Å². The number of benzene rings is 2. The van der Waals surface area contributed by atoms with Gasteiger partial charge < -0.3 is 39.9 Å². The highest BCUT2D eigenvalue weighted by molar-refractivity contribution is 5.87. The fourth-order valence-electron chi connectivity index (χ4n) is 8.89. The Hall–Kier alpha value is -5.80. The molecule has 16 heteroatoms. The van der Waals surface area contributed by atoms with Gasteiger partial charge in [-0.25, -0.2) is 28.3 Å². The third kappa shape index (κ3) is 8.53. The number of rotatable bonds is 10. The molecule has 314 valence electrons. The van der Waals surface area contributed by atoms with Gasteiger partial charge >= 0.3 is 12.2 Å². The van der Waals surface area contributed by atoms with Gasteiger partial charge in [0.1, 0.15) is 23.7 Å². The molecule has 0 bridgehead atoms. The first-order chi connectivity index (χ1) is 28.2. The minimum Gasteiger partial charge on any atom is -0.453 e. The summed E-state index contributed by atoms with van der Waals surface area (Å²) in [6, 6.07) is 13.8. The van der Waals surface area contributed by atoms with Crippen LogP contribution in [0.5, 0.6) is 0 Å². The number of amides is 4. The van der Waals surface area contributed by atoms with E-state index in [0.717, 1.165) is 46.5 Å². The Morgan fingerprint density at radius 3 is 1.75 bits per heavy atom. The number of H-pyrrole nitrogens is 2. The normalized spacial score (nSPS) is 20.7. The van der Waals surface area contributed by atoms with Crippen LogP contribution in [0.2, 0.25) is 0 Å². The summed E-state index contributed by atoms with van der Waals surface area (Å²) in [5.41, 5.74) is 4.67. The number of methoxy groups -OCH3 is 2. The number of carbonyl (C=O) groups excluding carboxylic acids is 4. The molecule has 59 heavy (non-hydrogen) atoms. The fraction of sp³-hybridized carbons (Fsp3) is 0.488. The Labute approximate surface area is 341 Å². The Bertz CT molecular complexity index is 2140. The van der Waals surface area contributed by atoms with Gasteiger partial charge in [-0.15, -0.1) is 0 Å². The number of alkyl carbamates (subject to hydrolysis) is 2. The highest BCUT2D eigenvalue weighted by Crippen LogP contribution is 2.52. The average Bonchev–Trinajstić information content (AvgIpc) is 4.07. The summed E-state index contributed by atoms with van der Waals surface area (Å²) in [6.07, 6.45) is 4.56. The standard InChI is InChI=1S/C43H52F2N8O6/c1-25(2)35(51-41(57)59-5)39(55)52-22-6-7-33(52)36-46-23-31(49-36)29-12-8-27(9-13-29)28-10-14-30(15-11-28)32-24-47-37(50-32)34-16-17-42(18-20-43(44,45)21-19-42)53(34)38(54)26(3)48-40(56)58-4/h8-15,23-26,33-35H,6-7,16-22H2,1-5H3,(H,46,49)(H,47,50)(H,48,56)(H,51,57)/t26-,33?,34?,35-/m0/s1. The number of aromatic amines is 2. The number of hydrogen-bond donors (Lipinski definition) is 4. The summed E-state index contributed by atoms with van der Waals surface area (Å²) < 4.78 is 38.1. The van der Waals surface area contributed by atoms with Gasteiger partial charge in [0.15, 0.2) is 0 Å². The van der Waals surface area contributed by atoms with E-state index in [2.05, 4.69) is 30.6 Å². The molecule has 1 spiro atoms. The molecule has 2 aromatic heterocycles. The van der Waals surface area contributed by atoms with Gasteiger partial charge in [-0.2, -0.15) is 0 Å². The van der Waals surface area contributed by atoms with Crippen molar-refractivity contribution in [3.8, 4) is 33.6 Å². The summed E-state index contributed by atoms with van der Waals surface area (Å²) in [4.78, 5) is 71.1. The maximum atomic E-state index is 14.3. The Balaban J connectivity index is 1.03. The SMILES string of the molecule is COC(=O)N[C@@H](C)C(=O)N1C(c2ncc(-c3ccc(-c4ccc(-c5cnc(C6CCCN6C(=O)[C@@H](NC(=O)OC)C(C)C)[nH]5)cc4)cc3)[nH]2)CCC12CCC(F)(F)CC2. The number of aromatic nitrogens is 4. The zero-order chi connectivity index (χ0) is 42.1. The Kier molecular flexibility index (Phi) is 11.8. The first-order valence-corrected chi connectivity index (χ1v) is 20.2. The summed E-state index contributed by atoms with van der Waals surface area (Å²) >= 11 is 0. The van der Waals surface area contributed by atoms with Crippen LogP contribution in [0.25, 0.3) is 33.6 Å². The molecule has 4 aromatic rings. The van der Waals surface area contributed by atoms with Crippen molar-refractivity contribution in [2.75, 3.05) is 20.8 Å². The minimum atomic E-state index is -2.77. The number of halogens is 2. The fourth-order valence-corrected chi connectivity index (χ4v) is 8.89. The summed E-state index contributed by atoms with van der Waals surface area (Å²) in [6.45, 7) is 5.92. The first-order valence-electron chi connectivity index (χ1n) is 20.2. The number of likely N-dealkylation sites (tertiary alicyclic amines) is 2. The predicted molar refractivity (Wildman–Crippen MR) is 215 cm³/mol. The maximum Gasteiger partial charge on any atom is 0.407 e. The van der Waals surface area contributed by atoms with Gasteiger partial charge in [0.05, 0.1) is 50.1 Å². The van der Waals surface area contributed by atoms with Gasteiger partial charge in [0.25, 0.3) is 0 Å². The van der Waals surface area contributed by atoms with Crippen molar-refractivity contribution in [1.82, 2.24) is 40.4 Å². The van der Waals surface area contributed by atoms with Crippen LogP contribution in [0, 0.1) is 5.92 Å². The van der Waals surface area contributed by atoms with Crippen LogP contribution in [-0.4, -0.2) is 98.0 Å². The van der Waals surface area contributed by atoms with Crippen LogP contribution >= 0.6 is 0 Å². The van der Waals surface area contributed by atoms with E-state index >= 15 is 0 Å². The molecule has 4 heterocycles. The monoisotopic (exact) mass is 814 g/mol. The van der Waals surface area contributed by atoms with Gasteiger partial charge in [0.2, 0.25) is 17.7 Å². The van der Waals surface area contributed by atoms with E-state index in [1.165, 1.54) is 14.2 Å². The van der Waals surface area contributed by atoms with Crippen LogP contribution in [0.15, 0.2) is 60.9 Å². The van der Waals surface area contributed by atoms with Crippen molar-refractivity contribution in [2.45, 2.75) is 108 Å². The third-order valence-electron chi connectivity index (χ3n) is 12.2. The second-order valence-electron chi connectivity index (χ2n) is 16.3.